The molecule has 0 aliphatic rings. The molecule has 0 saturated carbocycles. The van der Waals surface area contributed by atoms with Crippen LogP contribution in [0.1, 0.15) is 117 Å². The van der Waals surface area contributed by atoms with E-state index in [0.717, 1.165) is 18.9 Å². The van der Waals surface area contributed by atoms with Gasteiger partial charge in [0, 0.05) is 36.5 Å². The predicted octanol–water partition coefficient (Wildman–Crippen LogP) is 7.19. The molecular weight excluding hydrogens is 352 g/mol. The van der Waals surface area contributed by atoms with Gasteiger partial charge in [0.1, 0.15) is 0 Å². The lowest BCUT2D eigenvalue weighted by Gasteiger charge is -2.32. The van der Waals surface area contributed by atoms with Crippen molar-refractivity contribution >= 4 is 10.2 Å². The SMILES string of the molecule is CCOC(CCCCCCCCCCCCCCCC[Si])(OCC)OCC. The van der Waals surface area contributed by atoms with Gasteiger partial charge in [0.2, 0.25) is 0 Å². The van der Waals surface area contributed by atoms with Crippen LogP contribution in [-0.2, 0) is 14.2 Å². The summed E-state index contributed by atoms with van der Waals surface area (Å²) in [5.41, 5.74) is 0. The largest absolute Gasteiger partial charge is 0.328 e. The van der Waals surface area contributed by atoms with Gasteiger partial charge in [0.15, 0.2) is 0 Å². The van der Waals surface area contributed by atoms with Gasteiger partial charge in [-0.3, -0.25) is 0 Å². The number of ether oxygens (including phenoxy) is 3. The molecule has 0 aromatic rings. The van der Waals surface area contributed by atoms with Gasteiger partial charge < -0.3 is 14.2 Å². The molecule has 0 aliphatic carbocycles. The van der Waals surface area contributed by atoms with Gasteiger partial charge in [-0.05, 0) is 27.2 Å². The highest BCUT2D eigenvalue weighted by atomic mass is 28.1. The van der Waals surface area contributed by atoms with Gasteiger partial charge in [0.05, 0.1) is 0 Å². The monoisotopic (exact) mass is 399 g/mol. The Kier molecular flexibility index (Phi) is 20.9. The molecule has 0 N–H and O–H groups in total. The summed E-state index contributed by atoms with van der Waals surface area (Å²) in [7, 11) is 3.54. The number of hydrogen-bond acceptors (Lipinski definition) is 3. The van der Waals surface area contributed by atoms with Crippen LogP contribution in [0.2, 0.25) is 6.04 Å². The van der Waals surface area contributed by atoms with E-state index in [9.17, 15) is 0 Å². The Hall–Kier alpha value is 0.0969. The van der Waals surface area contributed by atoms with Crippen LogP contribution in [0.5, 0.6) is 0 Å². The molecule has 0 aromatic heterocycles. The van der Waals surface area contributed by atoms with Crippen molar-refractivity contribution in [2.45, 2.75) is 129 Å². The van der Waals surface area contributed by atoms with Crippen LogP contribution >= 0.6 is 0 Å². The van der Waals surface area contributed by atoms with Crippen LogP contribution in [0.4, 0.5) is 0 Å². The highest BCUT2D eigenvalue weighted by molar-refractivity contribution is 6.08. The molecule has 4 heteroatoms. The molecule has 0 aromatic carbocycles. The van der Waals surface area contributed by atoms with Crippen LogP contribution in [0.25, 0.3) is 0 Å². The number of unbranched alkanes of at least 4 members (excludes halogenated alkanes) is 13. The Morgan fingerprint density at radius 1 is 0.481 bits per heavy atom. The molecule has 0 bridgehead atoms. The maximum Gasteiger partial charge on any atom is 0.282 e. The van der Waals surface area contributed by atoms with Gasteiger partial charge in [-0.1, -0.05) is 89.5 Å². The van der Waals surface area contributed by atoms with Crippen LogP contribution in [0.15, 0.2) is 0 Å². The van der Waals surface area contributed by atoms with Crippen molar-refractivity contribution in [3.05, 3.63) is 0 Å². The summed E-state index contributed by atoms with van der Waals surface area (Å²) in [4.78, 5) is 0. The van der Waals surface area contributed by atoms with E-state index in [2.05, 4.69) is 10.2 Å². The third kappa shape index (κ3) is 16.7. The lowest BCUT2D eigenvalue weighted by Crippen LogP contribution is -2.39. The zero-order valence-electron chi connectivity index (χ0n) is 18.7. The van der Waals surface area contributed by atoms with E-state index >= 15 is 0 Å². The second-order valence-electron chi connectivity index (χ2n) is 7.43. The van der Waals surface area contributed by atoms with E-state index in [-0.39, 0.29) is 0 Å². The quantitative estimate of drug-likeness (QED) is 0.109. The molecular formula is C23H47O3Si. The predicted molar refractivity (Wildman–Crippen MR) is 117 cm³/mol. The Labute approximate surface area is 173 Å². The Morgan fingerprint density at radius 3 is 1.07 bits per heavy atom. The lowest BCUT2D eigenvalue weighted by molar-refractivity contribution is -0.380. The van der Waals surface area contributed by atoms with Crippen LogP contribution < -0.4 is 0 Å². The third-order valence-electron chi connectivity index (χ3n) is 5.00. The first-order valence-corrected chi connectivity index (χ1v) is 12.5. The first-order chi connectivity index (χ1) is 13.2. The average Bonchev–Trinajstić information content (AvgIpc) is 2.65. The van der Waals surface area contributed by atoms with E-state index in [1.807, 2.05) is 20.8 Å². The van der Waals surface area contributed by atoms with Gasteiger partial charge in [-0.25, -0.2) is 0 Å². The van der Waals surface area contributed by atoms with Crippen molar-refractivity contribution < 1.29 is 14.2 Å². The first-order valence-electron chi connectivity index (χ1n) is 11.8. The smallest absolute Gasteiger partial charge is 0.282 e. The van der Waals surface area contributed by atoms with Gasteiger partial charge in [-0.15, -0.1) is 0 Å². The molecule has 0 atom stereocenters. The number of rotatable bonds is 22. The van der Waals surface area contributed by atoms with E-state index in [4.69, 9.17) is 14.2 Å². The molecule has 0 heterocycles. The summed E-state index contributed by atoms with van der Waals surface area (Å²) in [5.74, 6) is -0.813. The molecule has 0 aliphatic heterocycles. The summed E-state index contributed by atoms with van der Waals surface area (Å²) in [6, 6.07) is 1.16. The standard InChI is InChI=1S/C23H47O3Si/c1-4-24-23(25-5-2,26-6-3)21-19-17-15-13-11-9-7-8-10-12-14-16-18-20-22-27/h4-22H2,1-3H3. The van der Waals surface area contributed by atoms with Gasteiger partial charge in [-0.2, -0.15) is 0 Å². The number of hydrogen-bond donors (Lipinski definition) is 0. The highest BCUT2D eigenvalue weighted by Crippen LogP contribution is 2.24. The minimum Gasteiger partial charge on any atom is -0.328 e. The molecule has 0 rings (SSSR count). The average molecular weight is 400 g/mol. The maximum absolute atomic E-state index is 5.78. The molecule has 27 heavy (non-hydrogen) atoms. The molecule has 0 amide bonds. The maximum atomic E-state index is 5.78. The molecule has 0 unspecified atom stereocenters. The van der Waals surface area contributed by atoms with E-state index < -0.39 is 5.97 Å². The zero-order valence-corrected chi connectivity index (χ0v) is 19.7. The van der Waals surface area contributed by atoms with Crippen molar-refractivity contribution in [1.29, 1.82) is 0 Å². The Bertz CT molecular complexity index is 270. The second-order valence-corrected chi connectivity index (χ2v) is 7.93. The van der Waals surface area contributed by atoms with Crippen LogP contribution in [0.3, 0.4) is 0 Å². The van der Waals surface area contributed by atoms with E-state index in [0.29, 0.717) is 19.8 Å². The fourth-order valence-corrected chi connectivity index (χ4v) is 3.84. The molecule has 0 saturated heterocycles. The summed E-state index contributed by atoms with van der Waals surface area (Å²) in [5, 5.41) is 0. The van der Waals surface area contributed by atoms with Crippen molar-refractivity contribution in [3.63, 3.8) is 0 Å². The summed E-state index contributed by atoms with van der Waals surface area (Å²) in [6.45, 7) is 7.86. The lowest BCUT2D eigenvalue weighted by atomic mass is 10.0. The van der Waals surface area contributed by atoms with E-state index in [1.165, 1.54) is 83.5 Å². The van der Waals surface area contributed by atoms with Crippen molar-refractivity contribution in [2.24, 2.45) is 0 Å². The topological polar surface area (TPSA) is 27.7 Å². The van der Waals surface area contributed by atoms with Crippen LogP contribution in [0, 0.1) is 0 Å². The molecule has 0 fully saturated rings. The summed E-state index contributed by atoms with van der Waals surface area (Å²) in [6.07, 6.45) is 19.9. The Morgan fingerprint density at radius 2 is 0.778 bits per heavy atom. The van der Waals surface area contributed by atoms with Crippen LogP contribution in [-0.4, -0.2) is 36.0 Å². The Balaban J connectivity index is 3.49. The van der Waals surface area contributed by atoms with Crippen molar-refractivity contribution in [1.82, 2.24) is 0 Å². The summed E-state index contributed by atoms with van der Waals surface area (Å²) < 4.78 is 17.3. The fourth-order valence-electron chi connectivity index (χ4n) is 3.59. The van der Waals surface area contributed by atoms with Gasteiger partial charge >= 0.3 is 0 Å². The minimum atomic E-state index is -0.813. The molecule has 161 valence electrons. The first kappa shape index (κ1) is 27.1. The van der Waals surface area contributed by atoms with Crippen molar-refractivity contribution in [3.8, 4) is 0 Å². The minimum absolute atomic E-state index is 0.622. The molecule has 3 radical (unpaired) electrons. The zero-order chi connectivity index (χ0) is 20.1. The van der Waals surface area contributed by atoms with Gasteiger partial charge in [0.25, 0.3) is 5.97 Å². The van der Waals surface area contributed by atoms with Crippen molar-refractivity contribution in [2.75, 3.05) is 19.8 Å². The van der Waals surface area contributed by atoms with E-state index in [1.54, 1.807) is 0 Å². The highest BCUT2D eigenvalue weighted by Gasteiger charge is 2.31. The summed E-state index contributed by atoms with van der Waals surface area (Å²) >= 11 is 0. The molecule has 0 spiro atoms. The fraction of sp³-hybridized carbons (Fsp3) is 1.00. The second kappa shape index (κ2) is 20.8. The molecule has 3 nitrogen and oxygen atoms in total. The normalized spacial score (nSPS) is 12.0. The third-order valence-corrected chi connectivity index (χ3v) is 5.36.